The number of aliphatic hydroxyl groups excluding tert-OH is 2. The molecule has 2 amide bonds. The molecule has 19 heteroatoms. The van der Waals surface area contributed by atoms with Gasteiger partial charge in [0.15, 0.2) is 0 Å². The molecule has 0 aliphatic carbocycles. The number of aliphatic hydroxyl groups is 2. The number of carbonyl (C=O) groups excluding carboxylic acids is 2. The van der Waals surface area contributed by atoms with Crippen molar-refractivity contribution in [2.24, 2.45) is 0 Å². The Morgan fingerprint density at radius 3 is 1.75 bits per heavy atom. The van der Waals surface area contributed by atoms with Crippen LogP contribution in [0.25, 0.3) is 0 Å². The molecule has 8 heterocycles. The second-order valence-electron chi connectivity index (χ2n) is 17.4. The molecule has 0 bridgehead atoms. The molecule has 6 N–H and O–H groups in total. The number of nitrogens with two attached hydrogens (primary N) is 2. The Balaban J connectivity index is 0.877. The van der Waals surface area contributed by atoms with Crippen LogP contribution in [-0.4, -0.2) is 126 Å². The van der Waals surface area contributed by atoms with Crippen LogP contribution in [0, 0.1) is 27.7 Å². The lowest BCUT2D eigenvalue weighted by Crippen LogP contribution is -2.32. The van der Waals surface area contributed by atoms with Gasteiger partial charge in [-0.1, -0.05) is 30.1 Å². The number of carbonyl (C=O) groups is 2. The minimum absolute atomic E-state index is 0.0345. The molecule has 17 nitrogen and oxygen atoms in total. The zero-order valence-corrected chi connectivity index (χ0v) is 38.0. The van der Waals surface area contributed by atoms with Crippen LogP contribution >= 0.6 is 23.2 Å². The van der Waals surface area contributed by atoms with Gasteiger partial charge in [0.1, 0.15) is 21.9 Å². The van der Waals surface area contributed by atoms with Gasteiger partial charge in [0.25, 0.3) is 0 Å². The first-order valence-corrected chi connectivity index (χ1v) is 22.4. The summed E-state index contributed by atoms with van der Waals surface area (Å²) >= 11 is 13.3. The zero-order chi connectivity index (χ0) is 44.9. The minimum atomic E-state index is -0.969. The van der Waals surface area contributed by atoms with E-state index in [4.69, 9.17) is 49.4 Å². The van der Waals surface area contributed by atoms with Gasteiger partial charge < -0.3 is 46.0 Å². The van der Waals surface area contributed by atoms with Crippen LogP contribution in [0.1, 0.15) is 93.9 Å². The molecule has 5 atom stereocenters. The van der Waals surface area contributed by atoms with Crippen molar-refractivity contribution in [3.63, 3.8) is 0 Å². The van der Waals surface area contributed by atoms with Gasteiger partial charge in [0.2, 0.25) is 23.7 Å². The third-order valence-corrected chi connectivity index (χ3v) is 13.9. The second kappa shape index (κ2) is 18.3. The van der Waals surface area contributed by atoms with Crippen molar-refractivity contribution in [3.8, 4) is 0 Å². The lowest BCUT2D eigenvalue weighted by atomic mass is 9.99. The lowest BCUT2D eigenvalue weighted by Gasteiger charge is -2.22. The van der Waals surface area contributed by atoms with E-state index in [1.54, 1.807) is 0 Å². The number of pyridine rings is 2. The van der Waals surface area contributed by atoms with E-state index in [1.807, 2.05) is 29.1 Å². The van der Waals surface area contributed by atoms with Crippen molar-refractivity contribution in [2.75, 3.05) is 67.1 Å². The number of anilines is 4. The van der Waals surface area contributed by atoms with E-state index in [1.165, 1.54) is 16.0 Å². The topological polar surface area (TPSA) is 226 Å². The van der Waals surface area contributed by atoms with Crippen molar-refractivity contribution in [3.05, 3.63) is 78.6 Å². The summed E-state index contributed by atoms with van der Waals surface area (Å²) in [6.07, 6.45) is 4.44. The Bertz CT molecular complexity index is 2410. The van der Waals surface area contributed by atoms with Gasteiger partial charge >= 0.3 is 0 Å². The number of β-amino-alcohol motifs (C(OH)–C–C–N with tert-alkyl or cyclic N) is 2. The van der Waals surface area contributed by atoms with Gasteiger partial charge in [0, 0.05) is 87.5 Å². The van der Waals surface area contributed by atoms with Gasteiger partial charge in [-0.15, -0.1) is 0 Å². The molecule has 0 aromatic carbocycles. The van der Waals surface area contributed by atoms with Crippen molar-refractivity contribution in [2.45, 2.75) is 110 Å². The van der Waals surface area contributed by atoms with E-state index < -0.39 is 12.2 Å². The first kappa shape index (κ1) is 44.7. The molecule has 2 fully saturated rings. The second-order valence-corrected chi connectivity index (χ2v) is 18.1. The van der Waals surface area contributed by atoms with E-state index in [0.29, 0.717) is 69.5 Å². The third kappa shape index (κ3) is 9.08. The van der Waals surface area contributed by atoms with Crippen molar-refractivity contribution in [1.82, 2.24) is 39.7 Å². The summed E-state index contributed by atoms with van der Waals surface area (Å²) in [5, 5.41) is 20.5. The van der Waals surface area contributed by atoms with Crippen LogP contribution in [0.4, 0.5) is 23.5 Å². The van der Waals surface area contributed by atoms with Gasteiger partial charge in [-0.05, 0) is 80.3 Å². The van der Waals surface area contributed by atoms with E-state index in [2.05, 4.69) is 52.5 Å². The van der Waals surface area contributed by atoms with Crippen LogP contribution in [-0.2, 0) is 40.3 Å². The number of hydrogen-bond donors (Lipinski definition) is 4. The molecule has 4 aromatic rings. The number of ether oxygens (including phenoxy) is 1. The highest BCUT2D eigenvalue weighted by Crippen LogP contribution is 2.44. The van der Waals surface area contributed by atoms with Gasteiger partial charge in [-0.25, -0.2) is 9.97 Å². The summed E-state index contributed by atoms with van der Waals surface area (Å²) in [5.74, 6) is 0.674. The fraction of sp³-hybridized carbons (Fsp3) is 0.545. The molecule has 0 radical (unpaired) electrons. The summed E-state index contributed by atoms with van der Waals surface area (Å²) in [6.45, 7) is 14.1. The molecule has 336 valence electrons. The molecule has 0 spiro atoms. The summed E-state index contributed by atoms with van der Waals surface area (Å²) in [4.78, 5) is 61.8. The Kier molecular flexibility index (Phi) is 13.0. The number of aromatic nitrogens is 6. The highest BCUT2D eigenvalue weighted by atomic mass is 35.5. The lowest BCUT2D eigenvalue weighted by molar-refractivity contribution is -0.131. The monoisotopic (exact) mass is 902 g/mol. The van der Waals surface area contributed by atoms with E-state index >= 15 is 0 Å². The van der Waals surface area contributed by atoms with Gasteiger partial charge in [0.05, 0.1) is 49.4 Å². The first-order valence-electron chi connectivity index (χ1n) is 21.7. The maximum atomic E-state index is 13.9. The highest BCUT2D eigenvalue weighted by Gasteiger charge is 2.40. The van der Waals surface area contributed by atoms with Crippen LogP contribution < -0.4 is 21.3 Å². The number of halogens is 2. The smallest absolute Gasteiger partial charge is 0.223 e. The molecular weight excluding hydrogens is 847 g/mol. The predicted molar refractivity (Wildman–Crippen MR) is 240 cm³/mol. The molecule has 4 aromatic heterocycles. The van der Waals surface area contributed by atoms with Crippen LogP contribution in [0.5, 0.6) is 0 Å². The van der Waals surface area contributed by atoms with Crippen LogP contribution in [0.2, 0.25) is 10.3 Å². The summed E-state index contributed by atoms with van der Waals surface area (Å²) in [5.41, 5.74) is 22.2. The van der Waals surface area contributed by atoms with E-state index in [0.717, 1.165) is 52.0 Å². The fourth-order valence-corrected chi connectivity index (χ4v) is 10.5. The number of hydrogen-bond acceptors (Lipinski definition) is 15. The number of amides is 2. The van der Waals surface area contributed by atoms with Gasteiger partial charge in [-0.3, -0.25) is 19.6 Å². The zero-order valence-electron chi connectivity index (χ0n) is 36.4. The summed E-state index contributed by atoms with van der Waals surface area (Å²) < 4.78 is 6.42. The Morgan fingerprint density at radius 2 is 1.22 bits per heavy atom. The number of likely N-dealkylation sites (tertiary alicyclic amines) is 2. The maximum absolute atomic E-state index is 13.9. The Morgan fingerprint density at radius 1 is 0.730 bits per heavy atom. The quantitative estimate of drug-likeness (QED) is 0.140. The normalized spacial score (nSPS) is 21.8. The Labute approximate surface area is 377 Å². The minimum Gasteiger partial charge on any atom is -0.388 e. The fourth-order valence-electron chi connectivity index (χ4n) is 9.90. The molecule has 4 aliphatic heterocycles. The summed E-state index contributed by atoms with van der Waals surface area (Å²) in [7, 11) is 0. The molecule has 4 aliphatic rings. The highest BCUT2D eigenvalue weighted by molar-refractivity contribution is 6.31. The molecule has 8 rings (SSSR count). The number of rotatable bonds is 13. The number of aryl methyl sites for hydroxylation is 2. The average molecular weight is 904 g/mol. The first-order chi connectivity index (χ1) is 30.1. The van der Waals surface area contributed by atoms with E-state index in [-0.39, 0.29) is 77.9 Å². The predicted octanol–water partition coefficient (Wildman–Crippen LogP) is 3.74. The maximum Gasteiger partial charge on any atom is 0.223 e. The van der Waals surface area contributed by atoms with Crippen molar-refractivity contribution >= 4 is 58.5 Å². The van der Waals surface area contributed by atoms with Crippen LogP contribution in [0.15, 0.2) is 12.4 Å². The van der Waals surface area contributed by atoms with Crippen LogP contribution in [0.3, 0.4) is 0 Å². The number of nitrogen functional groups attached to an aromatic ring is 2. The third-order valence-electron chi connectivity index (χ3n) is 13.3. The molecule has 0 saturated carbocycles. The van der Waals surface area contributed by atoms with Crippen molar-refractivity contribution < 1.29 is 24.5 Å². The van der Waals surface area contributed by atoms with Crippen molar-refractivity contribution in [1.29, 1.82) is 0 Å². The largest absolute Gasteiger partial charge is 0.388 e. The van der Waals surface area contributed by atoms with E-state index in [9.17, 15) is 19.8 Å². The molecule has 2 saturated heterocycles. The number of fused-ring (bicyclic) bond motifs is 2. The molecule has 63 heavy (non-hydrogen) atoms. The average Bonchev–Trinajstić information content (AvgIpc) is 4.01. The van der Waals surface area contributed by atoms with Gasteiger partial charge in [-0.2, -0.15) is 9.97 Å². The molecular formula is C44H56Cl2N12O5. The SMILES string of the molecule is CCc1c(C)cnc(CN2CC(CC(=O)N3CCC(OCCc4c(C)cnc(CN5CC(CC(=O)N6CC(O)C(O)C6)c6c(Cl)nc(N)nc65)c4C)C3)c3c(Cl)nc(N)nc32)c1C. The number of nitrogens with zero attached hydrogens (tertiary/aromatic N) is 10. The molecule has 5 unspecified atom stereocenters. The Hall–Kier alpha value is -4.94. The standard InChI is InChI=1S/C44H56Cl2N12O5/c1-6-29-22(2)13-49-31(24(29)4)18-57-15-26(37-39(45)51-43(47)53-41(37)57)11-35(61)55-9-7-28(17-55)63-10-8-30-23(3)14-50-32(25(30)5)19-58-16-27(38-40(46)52-44(48)54-42(38)58)12-36(62)56-20-33(59)34(60)21-56/h13-14,26-28,33-34,59-60H,6-12,15-21H2,1-5H3,(H2,47,51,53)(H2,48,52,54). The summed E-state index contributed by atoms with van der Waals surface area (Å²) in [6, 6.07) is 0.